The van der Waals surface area contributed by atoms with Crippen LogP contribution in [0.15, 0.2) is 120 Å². The number of benzene rings is 4. The Hall–Kier alpha value is -4.78. The van der Waals surface area contributed by atoms with Crippen LogP contribution in [0.4, 0.5) is 0 Å². The number of para-hydroxylation sites is 1. The highest BCUT2D eigenvalue weighted by Crippen LogP contribution is 2.40. The maximum Gasteiger partial charge on any atom is 0.380 e. The Morgan fingerprint density at radius 2 is 1.24 bits per heavy atom. The minimum absolute atomic E-state index is 0.567. The molecule has 0 saturated carbocycles. The highest BCUT2D eigenvalue weighted by atomic mass is 16.7. The van der Waals surface area contributed by atoms with Crippen LogP contribution in [0.3, 0.4) is 0 Å². The molecule has 0 bridgehead atoms. The lowest BCUT2D eigenvalue weighted by Gasteiger charge is -2.33. The van der Waals surface area contributed by atoms with Gasteiger partial charge in [-0.3, -0.25) is 0 Å². The van der Waals surface area contributed by atoms with E-state index in [1.165, 1.54) is 0 Å². The van der Waals surface area contributed by atoms with Gasteiger partial charge in [-0.1, -0.05) is 113 Å². The minimum atomic E-state index is -1.08. The van der Waals surface area contributed by atoms with E-state index in [0.29, 0.717) is 11.0 Å². The van der Waals surface area contributed by atoms with Crippen molar-refractivity contribution in [3.8, 4) is 0 Å². The molecule has 0 unspecified atom stereocenters. The highest BCUT2D eigenvalue weighted by molar-refractivity contribution is 6.23. The molecule has 0 aliphatic rings. The van der Waals surface area contributed by atoms with Crippen LogP contribution in [0.1, 0.15) is 16.7 Å². The quantitative estimate of drug-likeness (QED) is 0.160. The van der Waals surface area contributed by atoms with Crippen molar-refractivity contribution in [1.29, 1.82) is 0 Å². The summed E-state index contributed by atoms with van der Waals surface area (Å²) in [6.07, 6.45) is 0.986. The fourth-order valence-corrected chi connectivity index (χ4v) is 3.85. The average Bonchev–Trinajstić information content (AvgIpc) is 3.31. The lowest BCUT2D eigenvalue weighted by atomic mass is 9.80. The molecule has 0 aliphatic heterocycles. The van der Waals surface area contributed by atoms with Crippen molar-refractivity contribution in [1.82, 2.24) is 15.2 Å². The molecule has 5 aromatic rings. The SMILES string of the molecule is O=C(C=NOC(c1ccccc1)(c1ccccc1)c1ccccc1)On1nnc2ccccc21. The predicted octanol–water partition coefficient (Wildman–Crippen LogP) is 4.38. The van der Waals surface area contributed by atoms with Crippen molar-refractivity contribution in [2.45, 2.75) is 5.60 Å². The van der Waals surface area contributed by atoms with Crippen molar-refractivity contribution in [2.75, 3.05) is 0 Å². The zero-order valence-corrected chi connectivity index (χ0v) is 18.1. The summed E-state index contributed by atoms with van der Waals surface area (Å²) in [5, 5.41) is 11.9. The molecule has 7 heteroatoms. The van der Waals surface area contributed by atoms with Crippen LogP contribution in [0.2, 0.25) is 0 Å². The molecule has 1 aromatic heterocycles. The fraction of sp³-hybridized carbons (Fsp3) is 0.0370. The lowest BCUT2D eigenvalue weighted by Crippen LogP contribution is -2.31. The molecule has 0 radical (unpaired) electrons. The van der Waals surface area contributed by atoms with Gasteiger partial charge in [-0.05, 0) is 17.3 Å². The first-order valence-corrected chi connectivity index (χ1v) is 10.7. The maximum atomic E-state index is 12.5. The van der Waals surface area contributed by atoms with Gasteiger partial charge in [0.1, 0.15) is 11.0 Å². The summed E-state index contributed by atoms with van der Waals surface area (Å²) in [5.74, 6) is -0.751. The summed E-state index contributed by atoms with van der Waals surface area (Å²) in [6.45, 7) is 0. The van der Waals surface area contributed by atoms with Crippen LogP contribution in [-0.2, 0) is 15.2 Å². The van der Waals surface area contributed by atoms with Crippen molar-refractivity contribution in [3.63, 3.8) is 0 Å². The van der Waals surface area contributed by atoms with E-state index in [0.717, 1.165) is 27.8 Å². The summed E-state index contributed by atoms with van der Waals surface area (Å²) in [5.41, 5.74) is 2.68. The van der Waals surface area contributed by atoms with Crippen molar-refractivity contribution >= 4 is 23.2 Å². The van der Waals surface area contributed by atoms with E-state index in [1.54, 1.807) is 18.2 Å². The normalized spacial score (nSPS) is 11.5. The third kappa shape index (κ3) is 4.02. The molecule has 0 atom stereocenters. The Labute approximate surface area is 195 Å². The highest BCUT2D eigenvalue weighted by Gasteiger charge is 2.39. The molecule has 0 fully saturated rings. The Kier molecular flexibility index (Phi) is 5.82. The van der Waals surface area contributed by atoms with Crippen LogP contribution in [-0.4, -0.2) is 27.3 Å². The van der Waals surface area contributed by atoms with Gasteiger partial charge in [0, 0.05) is 16.7 Å². The van der Waals surface area contributed by atoms with Gasteiger partial charge in [0.15, 0.2) is 6.21 Å². The molecule has 7 nitrogen and oxygen atoms in total. The van der Waals surface area contributed by atoms with E-state index in [4.69, 9.17) is 9.68 Å². The lowest BCUT2D eigenvalue weighted by molar-refractivity contribution is -0.137. The summed E-state index contributed by atoms with van der Waals surface area (Å²) >= 11 is 0. The zero-order valence-electron chi connectivity index (χ0n) is 18.1. The smallest absolute Gasteiger partial charge is 0.374 e. The Morgan fingerprint density at radius 3 is 1.79 bits per heavy atom. The van der Waals surface area contributed by atoms with E-state index in [1.807, 2.05) is 97.1 Å². The van der Waals surface area contributed by atoms with Gasteiger partial charge in [-0.25, -0.2) is 4.79 Å². The van der Waals surface area contributed by atoms with Crippen LogP contribution in [0.25, 0.3) is 11.0 Å². The summed E-state index contributed by atoms with van der Waals surface area (Å²) in [7, 11) is 0. The first-order chi connectivity index (χ1) is 16.8. The number of hydrogen-bond acceptors (Lipinski definition) is 6. The van der Waals surface area contributed by atoms with Gasteiger partial charge < -0.3 is 9.68 Å². The van der Waals surface area contributed by atoms with Gasteiger partial charge >= 0.3 is 5.97 Å². The molecule has 0 N–H and O–H groups in total. The molecule has 5 rings (SSSR count). The number of nitrogens with zero attached hydrogens (tertiary/aromatic N) is 4. The van der Waals surface area contributed by atoms with Gasteiger partial charge in [-0.15, -0.1) is 5.10 Å². The van der Waals surface area contributed by atoms with E-state index in [9.17, 15) is 4.79 Å². The van der Waals surface area contributed by atoms with Gasteiger partial charge in [0.05, 0.1) is 0 Å². The molecule has 0 aliphatic carbocycles. The molecule has 0 amide bonds. The molecule has 0 spiro atoms. The van der Waals surface area contributed by atoms with Crippen LogP contribution in [0.5, 0.6) is 0 Å². The van der Waals surface area contributed by atoms with Crippen LogP contribution >= 0.6 is 0 Å². The number of carbonyl (C=O) groups is 1. The third-order valence-corrected chi connectivity index (χ3v) is 5.39. The number of hydrogen-bond donors (Lipinski definition) is 0. The Morgan fingerprint density at radius 1 is 0.735 bits per heavy atom. The summed E-state index contributed by atoms with van der Waals surface area (Å²) in [6, 6.07) is 36.4. The number of oxime groups is 1. The first-order valence-electron chi connectivity index (χ1n) is 10.7. The zero-order chi connectivity index (χ0) is 23.2. The van der Waals surface area contributed by atoms with E-state index >= 15 is 0 Å². The average molecular weight is 448 g/mol. The molecule has 0 saturated heterocycles. The van der Waals surface area contributed by atoms with E-state index < -0.39 is 11.6 Å². The minimum Gasteiger partial charge on any atom is -0.374 e. The molecule has 4 aromatic carbocycles. The van der Waals surface area contributed by atoms with Crippen molar-refractivity contribution in [3.05, 3.63) is 132 Å². The third-order valence-electron chi connectivity index (χ3n) is 5.39. The number of fused-ring (bicyclic) bond motifs is 1. The number of aromatic nitrogens is 3. The molecular formula is C27H20N4O3. The molecule has 166 valence electrons. The Balaban J connectivity index is 1.50. The topological polar surface area (TPSA) is 78.6 Å². The summed E-state index contributed by atoms with van der Waals surface area (Å²) < 4.78 is 0. The van der Waals surface area contributed by atoms with Crippen molar-refractivity contribution in [2.24, 2.45) is 5.16 Å². The largest absolute Gasteiger partial charge is 0.380 e. The van der Waals surface area contributed by atoms with Crippen LogP contribution < -0.4 is 4.84 Å². The second-order valence-corrected chi connectivity index (χ2v) is 7.47. The molecule has 1 heterocycles. The molecular weight excluding hydrogens is 428 g/mol. The fourth-order valence-electron chi connectivity index (χ4n) is 3.85. The van der Waals surface area contributed by atoms with E-state index in [2.05, 4.69) is 15.5 Å². The second-order valence-electron chi connectivity index (χ2n) is 7.47. The van der Waals surface area contributed by atoms with Gasteiger partial charge in [0.25, 0.3) is 0 Å². The van der Waals surface area contributed by atoms with Gasteiger partial charge in [0.2, 0.25) is 5.60 Å². The first kappa shape index (κ1) is 21.1. The summed E-state index contributed by atoms with van der Waals surface area (Å²) in [4.78, 5) is 25.0. The number of carbonyl (C=O) groups excluding carboxylic acids is 1. The standard InChI is InChI=1S/C27H20N4O3/c32-26(33-31-25-19-11-10-18-24(25)29-30-31)20-28-34-27(21-12-4-1-5-13-21,22-14-6-2-7-15-22)23-16-8-3-9-17-23/h1-20H. The monoisotopic (exact) mass is 448 g/mol. The second kappa shape index (κ2) is 9.38. The van der Waals surface area contributed by atoms with Crippen LogP contribution in [0, 0.1) is 0 Å². The van der Waals surface area contributed by atoms with Crippen molar-refractivity contribution < 1.29 is 14.5 Å². The number of rotatable bonds is 7. The predicted molar refractivity (Wildman–Crippen MR) is 128 cm³/mol. The molecule has 34 heavy (non-hydrogen) atoms. The maximum absolute atomic E-state index is 12.5. The Bertz CT molecular complexity index is 1320. The van der Waals surface area contributed by atoms with E-state index in [-0.39, 0.29) is 0 Å². The van der Waals surface area contributed by atoms with Gasteiger partial charge in [-0.2, -0.15) is 0 Å².